The first-order valence-electron chi connectivity index (χ1n) is 3.54. The number of hydrogen-bond acceptors (Lipinski definition) is 5. The Morgan fingerprint density at radius 1 is 1.08 bits per heavy atom. The van der Waals surface area contributed by atoms with Crippen LogP contribution in [0.2, 0.25) is 0 Å². The first-order chi connectivity index (χ1) is 5.57. The molecule has 6 heteroatoms. The van der Waals surface area contributed by atoms with E-state index in [4.69, 9.17) is 20.4 Å². The van der Waals surface area contributed by atoms with Crippen molar-refractivity contribution in [2.75, 3.05) is 6.61 Å². The van der Waals surface area contributed by atoms with E-state index >= 15 is 0 Å². The third kappa shape index (κ3) is 1.58. The normalized spacial score (nSPS) is 49.2. The van der Waals surface area contributed by atoms with Crippen molar-refractivity contribution in [1.82, 2.24) is 0 Å². The summed E-state index contributed by atoms with van der Waals surface area (Å²) in [6, 6.07) is 0. The molecule has 0 aromatic carbocycles. The van der Waals surface area contributed by atoms with Crippen molar-refractivity contribution in [2.24, 2.45) is 0 Å². The van der Waals surface area contributed by atoms with Crippen molar-refractivity contribution in [1.29, 1.82) is 0 Å². The first-order valence-corrected chi connectivity index (χ1v) is 3.54. The SMILES string of the molecule is [O]C1OC(CO)[C@@H](O)[C@H](O)[C@H]1O. The molecule has 71 valence electrons. The number of aliphatic hydroxyl groups excluding tert-OH is 4. The number of aliphatic hydroxyl groups is 4. The average molecular weight is 179 g/mol. The number of hydrogen-bond donors (Lipinski definition) is 4. The summed E-state index contributed by atoms with van der Waals surface area (Å²) in [5, 5.41) is 46.3. The zero-order chi connectivity index (χ0) is 9.30. The molecule has 1 fully saturated rings. The van der Waals surface area contributed by atoms with Crippen LogP contribution in [0.25, 0.3) is 0 Å². The molecule has 0 amide bonds. The molecule has 0 saturated carbocycles. The Labute approximate surface area is 68.6 Å². The topological polar surface area (TPSA) is 110 Å². The van der Waals surface area contributed by atoms with Gasteiger partial charge in [-0.05, 0) is 0 Å². The summed E-state index contributed by atoms with van der Waals surface area (Å²) in [5.74, 6) is 0. The van der Waals surface area contributed by atoms with E-state index in [-0.39, 0.29) is 0 Å². The van der Waals surface area contributed by atoms with Crippen LogP contribution in [0.1, 0.15) is 0 Å². The molecular formula is C6H11O6. The molecule has 1 aliphatic heterocycles. The fourth-order valence-electron chi connectivity index (χ4n) is 1.07. The molecule has 2 unspecified atom stereocenters. The Morgan fingerprint density at radius 3 is 2.17 bits per heavy atom. The minimum absolute atomic E-state index is 0.566. The van der Waals surface area contributed by atoms with Crippen LogP contribution >= 0.6 is 0 Å². The second-order valence-electron chi connectivity index (χ2n) is 2.70. The van der Waals surface area contributed by atoms with Crippen LogP contribution in [0.15, 0.2) is 0 Å². The predicted molar refractivity (Wildman–Crippen MR) is 34.5 cm³/mol. The van der Waals surface area contributed by atoms with Gasteiger partial charge < -0.3 is 25.2 Å². The summed E-state index contributed by atoms with van der Waals surface area (Å²) in [7, 11) is 0. The molecule has 0 bridgehead atoms. The summed E-state index contributed by atoms with van der Waals surface area (Å²) in [4.78, 5) is 0. The van der Waals surface area contributed by atoms with Gasteiger partial charge in [0.2, 0.25) is 6.29 Å². The van der Waals surface area contributed by atoms with Gasteiger partial charge in [-0.25, -0.2) is 0 Å². The van der Waals surface area contributed by atoms with E-state index in [1.807, 2.05) is 0 Å². The maximum atomic E-state index is 10.7. The molecular weight excluding hydrogens is 168 g/mol. The van der Waals surface area contributed by atoms with Gasteiger partial charge in [-0.15, -0.1) is 0 Å². The second-order valence-corrected chi connectivity index (χ2v) is 2.70. The molecule has 0 aromatic rings. The van der Waals surface area contributed by atoms with E-state index in [0.717, 1.165) is 0 Å². The van der Waals surface area contributed by atoms with Crippen molar-refractivity contribution in [2.45, 2.75) is 30.7 Å². The molecule has 1 radical (unpaired) electrons. The zero-order valence-corrected chi connectivity index (χ0v) is 6.20. The van der Waals surface area contributed by atoms with Gasteiger partial charge in [-0.2, -0.15) is 5.11 Å². The molecule has 0 spiro atoms. The van der Waals surface area contributed by atoms with Crippen molar-refractivity contribution in [3.8, 4) is 0 Å². The van der Waals surface area contributed by atoms with E-state index in [1.165, 1.54) is 0 Å². The summed E-state index contributed by atoms with van der Waals surface area (Å²) in [6.07, 6.45) is -7.57. The third-order valence-electron chi connectivity index (χ3n) is 1.85. The van der Waals surface area contributed by atoms with Crippen LogP contribution < -0.4 is 0 Å². The van der Waals surface area contributed by atoms with Crippen LogP contribution in [-0.4, -0.2) is 57.7 Å². The summed E-state index contributed by atoms with van der Waals surface area (Å²) in [5.41, 5.74) is 0. The van der Waals surface area contributed by atoms with Gasteiger partial charge in [0.15, 0.2) is 0 Å². The van der Waals surface area contributed by atoms with Gasteiger partial charge in [-0.1, -0.05) is 0 Å². The van der Waals surface area contributed by atoms with Crippen LogP contribution in [-0.2, 0) is 9.84 Å². The predicted octanol–water partition coefficient (Wildman–Crippen LogP) is -2.78. The fourth-order valence-corrected chi connectivity index (χ4v) is 1.07. The second kappa shape index (κ2) is 3.65. The van der Waals surface area contributed by atoms with Crippen LogP contribution in [0, 0.1) is 0 Å². The summed E-state index contributed by atoms with van der Waals surface area (Å²) < 4.78 is 4.46. The van der Waals surface area contributed by atoms with E-state index in [1.54, 1.807) is 0 Å². The summed E-state index contributed by atoms with van der Waals surface area (Å²) in [6.45, 7) is -0.566. The van der Waals surface area contributed by atoms with Gasteiger partial charge in [0, 0.05) is 0 Å². The molecule has 0 aromatic heterocycles. The van der Waals surface area contributed by atoms with Crippen molar-refractivity contribution in [3.05, 3.63) is 0 Å². The summed E-state index contributed by atoms with van der Waals surface area (Å²) >= 11 is 0. The smallest absolute Gasteiger partial charge is 0.220 e. The Kier molecular flexibility index (Phi) is 2.99. The highest BCUT2D eigenvalue weighted by atomic mass is 16.6. The van der Waals surface area contributed by atoms with E-state index < -0.39 is 37.3 Å². The average Bonchev–Trinajstić information content (AvgIpc) is 2.08. The van der Waals surface area contributed by atoms with Gasteiger partial charge >= 0.3 is 0 Å². The fraction of sp³-hybridized carbons (Fsp3) is 1.00. The van der Waals surface area contributed by atoms with Crippen LogP contribution in [0.5, 0.6) is 0 Å². The van der Waals surface area contributed by atoms with Crippen LogP contribution in [0.3, 0.4) is 0 Å². The highest BCUT2D eigenvalue weighted by molar-refractivity contribution is 4.87. The van der Waals surface area contributed by atoms with E-state index in [9.17, 15) is 5.11 Å². The lowest BCUT2D eigenvalue weighted by Gasteiger charge is -2.36. The molecule has 1 aliphatic rings. The zero-order valence-electron chi connectivity index (χ0n) is 6.20. The largest absolute Gasteiger partial charge is 0.394 e. The van der Waals surface area contributed by atoms with E-state index in [0.29, 0.717) is 0 Å². The number of ether oxygens (including phenoxy) is 1. The highest BCUT2D eigenvalue weighted by Crippen LogP contribution is 2.19. The van der Waals surface area contributed by atoms with Crippen molar-refractivity contribution < 1.29 is 30.3 Å². The molecule has 12 heavy (non-hydrogen) atoms. The lowest BCUT2D eigenvalue weighted by atomic mass is 10.00. The van der Waals surface area contributed by atoms with Crippen LogP contribution in [0.4, 0.5) is 0 Å². The molecule has 5 atom stereocenters. The Bertz CT molecular complexity index is 146. The third-order valence-corrected chi connectivity index (χ3v) is 1.85. The lowest BCUT2D eigenvalue weighted by molar-refractivity contribution is -0.303. The van der Waals surface area contributed by atoms with Gasteiger partial charge in [0.1, 0.15) is 24.4 Å². The monoisotopic (exact) mass is 179 g/mol. The Balaban J connectivity index is 2.63. The van der Waals surface area contributed by atoms with E-state index in [2.05, 4.69) is 4.74 Å². The maximum absolute atomic E-state index is 10.7. The minimum atomic E-state index is -1.82. The molecule has 1 rings (SSSR count). The Morgan fingerprint density at radius 2 is 1.67 bits per heavy atom. The molecule has 4 N–H and O–H groups in total. The van der Waals surface area contributed by atoms with Gasteiger partial charge in [0.05, 0.1) is 6.61 Å². The van der Waals surface area contributed by atoms with Crippen molar-refractivity contribution >= 4 is 0 Å². The minimum Gasteiger partial charge on any atom is -0.394 e. The Hall–Kier alpha value is -0.240. The quantitative estimate of drug-likeness (QED) is 0.348. The number of rotatable bonds is 1. The van der Waals surface area contributed by atoms with Gasteiger partial charge in [-0.3, -0.25) is 0 Å². The molecule has 1 heterocycles. The molecule has 6 nitrogen and oxygen atoms in total. The molecule has 1 saturated heterocycles. The van der Waals surface area contributed by atoms with Gasteiger partial charge in [0.25, 0.3) is 0 Å². The lowest BCUT2D eigenvalue weighted by Crippen LogP contribution is -2.58. The first kappa shape index (κ1) is 9.85. The van der Waals surface area contributed by atoms with Crippen molar-refractivity contribution in [3.63, 3.8) is 0 Å². The molecule has 0 aliphatic carbocycles. The highest BCUT2D eigenvalue weighted by Gasteiger charge is 2.43. The maximum Gasteiger partial charge on any atom is 0.220 e. The standard InChI is InChI=1S/C6H11O6/c7-1-2-3(8)4(9)5(10)6(11)12-2/h2-10H,1H2/t2?,3-,4+,5-,6?/m1/s1.